The molecule has 4 aliphatic rings. The maximum atomic E-state index is 13.1. The molecule has 4 heterocycles. The zero-order valence-electron chi connectivity index (χ0n) is 20.1. The molecule has 1 N–H and O–H groups in total. The van der Waals surface area contributed by atoms with E-state index in [1.54, 1.807) is 9.80 Å². The third-order valence-electron chi connectivity index (χ3n) is 7.22. The quantitative estimate of drug-likeness (QED) is 0.668. The third kappa shape index (κ3) is 4.29. The molecule has 0 spiro atoms. The van der Waals surface area contributed by atoms with Gasteiger partial charge in [0.2, 0.25) is 11.8 Å². The van der Waals surface area contributed by atoms with Crippen molar-refractivity contribution in [2.24, 2.45) is 0 Å². The molecule has 5 rings (SSSR count). The number of fused-ring (bicyclic) bond motifs is 2. The molecular formula is C25H32N4O5. The lowest BCUT2D eigenvalue weighted by Gasteiger charge is -2.37. The molecule has 1 aromatic carbocycles. The first-order valence-corrected chi connectivity index (χ1v) is 12.1. The normalized spacial score (nSPS) is 23.7. The largest absolute Gasteiger partial charge is 0.444 e. The zero-order valence-corrected chi connectivity index (χ0v) is 20.1. The smallest absolute Gasteiger partial charge is 0.410 e. The van der Waals surface area contributed by atoms with Crippen LogP contribution >= 0.6 is 0 Å². The van der Waals surface area contributed by atoms with Crippen LogP contribution in [0.15, 0.2) is 12.1 Å². The Labute approximate surface area is 199 Å². The van der Waals surface area contributed by atoms with Crippen molar-refractivity contribution < 1.29 is 23.9 Å². The maximum absolute atomic E-state index is 13.1. The van der Waals surface area contributed by atoms with E-state index in [4.69, 9.17) is 4.74 Å². The van der Waals surface area contributed by atoms with Crippen LogP contribution in [0.25, 0.3) is 0 Å². The lowest BCUT2D eigenvalue weighted by Crippen LogP contribution is -2.52. The van der Waals surface area contributed by atoms with Gasteiger partial charge in [0.1, 0.15) is 11.6 Å². The summed E-state index contributed by atoms with van der Waals surface area (Å²) in [4.78, 5) is 55.0. The highest BCUT2D eigenvalue weighted by atomic mass is 16.6. The highest BCUT2D eigenvalue weighted by Gasteiger charge is 2.40. The molecule has 9 heteroatoms. The van der Waals surface area contributed by atoms with E-state index in [9.17, 15) is 19.2 Å². The third-order valence-corrected chi connectivity index (χ3v) is 7.22. The minimum absolute atomic E-state index is 0.128. The van der Waals surface area contributed by atoms with E-state index in [0.717, 1.165) is 37.1 Å². The van der Waals surface area contributed by atoms with Gasteiger partial charge in [0.15, 0.2) is 0 Å². The summed E-state index contributed by atoms with van der Waals surface area (Å²) in [6, 6.07) is 3.91. The second kappa shape index (κ2) is 8.37. The molecule has 0 radical (unpaired) electrons. The lowest BCUT2D eigenvalue weighted by molar-refractivity contribution is -0.136. The van der Waals surface area contributed by atoms with Gasteiger partial charge in [-0.1, -0.05) is 6.07 Å². The minimum atomic E-state index is -0.584. The van der Waals surface area contributed by atoms with Gasteiger partial charge in [0.05, 0.1) is 0 Å². The van der Waals surface area contributed by atoms with Crippen molar-refractivity contribution in [3.8, 4) is 0 Å². The van der Waals surface area contributed by atoms with E-state index in [2.05, 4.69) is 16.3 Å². The van der Waals surface area contributed by atoms with Gasteiger partial charge in [0, 0.05) is 50.7 Å². The number of carbonyl (C=O) groups excluding carboxylic acids is 4. The van der Waals surface area contributed by atoms with Crippen LogP contribution in [-0.4, -0.2) is 69.3 Å². The summed E-state index contributed by atoms with van der Waals surface area (Å²) < 4.78 is 5.50. The van der Waals surface area contributed by atoms with Crippen LogP contribution in [0.4, 0.5) is 4.79 Å². The lowest BCUT2D eigenvalue weighted by atomic mass is 10.0. The number of ether oxygens (including phenoxy) is 1. The van der Waals surface area contributed by atoms with Crippen LogP contribution in [-0.2, 0) is 34.0 Å². The second-order valence-electron chi connectivity index (χ2n) is 10.8. The Bertz CT molecular complexity index is 1050. The number of amides is 4. The van der Waals surface area contributed by atoms with E-state index in [1.165, 1.54) is 5.56 Å². The molecule has 2 saturated heterocycles. The predicted octanol–water partition coefficient (Wildman–Crippen LogP) is 2.16. The predicted molar refractivity (Wildman–Crippen MR) is 123 cm³/mol. The second-order valence-corrected chi connectivity index (χ2v) is 10.8. The standard InChI is InChI=1S/C25H32N4O5/c1-25(2,3)34-24(33)27-8-6-18(7-9-27)28-12-15-10-17-14-29(20-4-5-21(30)26-22(20)31)23(32)19(17)11-16(15)13-28/h10-11,18,20H,4-9,12-14H2,1-3H3,(H,26,30,31). The van der Waals surface area contributed by atoms with Gasteiger partial charge in [-0.25, -0.2) is 4.79 Å². The van der Waals surface area contributed by atoms with Crippen LogP contribution in [0.2, 0.25) is 0 Å². The van der Waals surface area contributed by atoms with E-state index < -0.39 is 11.6 Å². The summed E-state index contributed by atoms with van der Waals surface area (Å²) >= 11 is 0. The SMILES string of the molecule is CC(C)(C)OC(=O)N1CCC(N2Cc3cc4c(cc3C2)C(=O)N(C2CCC(=O)NC2=O)C4)CC1. The molecule has 4 amide bonds. The van der Waals surface area contributed by atoms with Gasteiger partial charge in [0.25, 0.3) is 5.91 Å². The highest BCUT2D eigenvalue weighted by Crippen LogP contribution is 2.35. The van der Waals surface area contributed by atoms with Gasteiger partial charge in [-0.3, -0.25) is 24.6 Å². The average Bonchev–Trinajstić information content (AvgIpc) is 3.32. The molecule has 2 fully saturated rings. The Morgan fingerprint density at radius 1 is 0.971 bits per heavy atom. The summed E-state index contributed by atoms with van der Waals surface area (Å²) in [6.45, 7) is 9.02. The van der Waals surface area contributed by atoms with E-state index in [-0.39, 0.29) is 30.2 Å². The summed E-state index contributed by atoms with van der Waals surface area (Å²) in [5.74, 6) is -0.785. The van der Waals surface area contributed by atoms with Crippen molar-refractivity contribution >= 4 is 23.8 Å². The van der Waals surface area contributed by atoms with Crippen LogP contribution < -0.4 is 5.32 Å². The number of hydrogen-bond acceptors (Lipinski definition) is 6. The van der Waals surface area contributed by atoms with Gasteiger partial charge < -0.3 is 14.5 Å². The molecule has 0 saturated carbocycles. The summed E-state index contributed by atoms with van der Waals surface area (Å²) in [5.41, 5.74) is 3.52. The zero-order chi connectivity index (χ0) is 24.2. The van der Waals surface area contributed by atoms with Crippen molar-refractivity contribution in [3.63, 3.8) is 0 Å². The first kappa shape index (κ1) is 22.8. The molecule has 1 aromatic rings. The Kier molecular flexibility index (Phi) is 5.62. The van der Waals surface area contributed by atoms with E-state index in [1.807, 2.05) is 26.8 Å². The minimum Gasteiger partial charge on any atom is -0.444 e. The highest BCUT2D eigenvalue weighted by molar-refractivity contribution is 6.05. The molecule has 1 unspecified atom stereocenters. The Morgan fingerprint density at radius 3 is 2.29 bits per heavy atom. The first-order chi connectivity index (χ1) is 16.1. The number of benzene rings is 1. The Balaban J connectivity index is 1.21. The van der Waals surface area contributed by atoms with Crippen molar-refractivity contribution in [1.82, 2.24) is 20.0 Å². The van der Waals surface area contributed by atoms with Crippen LogP contribution in [0.5, 0.6) is 0 Å². The van der Waals surface area contributed by atoms with Gasteiger partial charge >= 0.3 is 6.09 Å². The van der Waals surface area contributed by atoms with Crippen LogP contribution in [0, 0.1) is 0 Å². The Hall–Kier alpha value is -2.94. The van der Waals surface area contributed by atoms with Crippen molar-refractivity contribution in [3.05, 3.63) is 34.4 Å². The summed E-state index contributed by atoms with van der Waals surface area (Å²) in [5, 5.41) is 2.35. The van der Waals surface area contributed by atoms with Crippen LogP contribution in [0.3, 0.4) is 0 Å². The number of likely N-dealkylation sites (tertiary alicyclic amines) is 1. The van der Waals surface area contributed by atoms with Crippen molar-refractivity contribution in [2.75, 3.05) is 13.1 Å². The summed E-state index contributed by atoms with van der Waals surface area (Å²) in [6.07, 6.45) is 2.19. The fraction of sp³-hybridized carbons (Fsp3) is 0.600. The van der Waals surface area contributed by atoms with Crippen LogP contribution in [0.1, 0.15) is 73.5 Å². The van der Waals surface area contributed by atoms with Crippen molar-refractivity contribution in [1.29, 1.82) is 0 Å². The van der Waals surface area contributed by atoms with Crippen molar-refractivity contribution in [2.45, 2.75) is 83.8 Å². The average molecular weight is 469 g/mol. The number of rotatable bonds is 2. The number of imide groups is 1. The number of nitrogens with one attached hydrogen (secondary N) is 1. The molecule has 182 valence electrons. The summed E-state index contributed by atoms with van der Waals surface area (Å²) in [7, 11) is 0. The first-order valence-electron chi connectivity index (χ1n) is 12.1. The molecule has 0 aliphatic carbocycles. The number of carbonyl (C=O) groups is 4. The fourth-order valence-corrected chi connectivity index (χ4v) is 5.50. The molecule has 34 heavy (non-hydrogen) atoms. The van der Waals surface area contributed by atoms with Gasteiger partial charge in [-0.15, -0.1) is 0 Å². The topological polar surface area (TPSA) is 99.3 Å². The molecular weight excluding hydrogens is 436 g/mol. The van der Waals surface area contributed by atoms with Gasteiger partial charge in [-0.2, -0.15) is 0 Å². The number of piperidine rings is 2. The molecule has 0 aromatic heterocycles. The molecule has 4 aliphatic heterocycles. The van der Waals surface area contributed by atoms with E-state index >= 15 is 0 Å². The Morgan fingerprint density at radius 2 is 1.65 bits per heavy atom. The molecule has 9 nitrogen and oxygen atoms in total. The monoisotopic (exact) mass is 468 g/mol. The fourth-order valence-electron chi connectivity index (χ4n) is 5.50. The van der Waals surface area contributed by atoms with E-state index in [0.29, 0.717) is 37.7 Å². The molecule has 1 atom stereocenters. The molecule has 0 bridgehead atoms. The maximum Gasteiger partial charge on any atom is 0.410 e. The van der Waals surface area contributed by atoms with Gasteiger partial charge in [-0.05, 0) is 62.8 Å². The number of nitrogens with zero attached hydrogens (tertiary/aromatic N) is 3. The number of hydrogen-bond donors (Lipinski definition) is 1.